The maximum atomic E-state index is 12.8. The molecule has 0 radical (unpaired) electrons. The largest absolute Gasteiger partial charge is 0.350 e. The lowest BCUT2D eigenvalue weighted by atomic mass is 10.2. The third-order valence-electron chi connectivity index (χ3n) is 5.20. The summed E-state index contributed by atoms with van der Waals surface area (Å²) in [6.45, 7) is 1.23. The highest BCUT2D eigenvalue weighted by atomic mass is 32.1. The highest BCUT2D eigenvalue weighted by molar-refractivity contribution is 7.20. The first-order chi connectivity index (χ1) is 14.2. The molecule has 0 saturated carbocycles. The van der Waals surface area contributed by atoms with E-state index in [9.17, 15) is 9.59 Å². The summed E-state index contributed by atoms with van der Waals surface area (Å²) < 4.78 is 1.35. The zero-order valence-electron chi connectivity index (χ0n) is 15.6. The number of hydrogen-bond donors (Lipinski definition) is 1. The third kappa shape index (κ3) is 3.25. The van der Waals surface area contributed by atoms with Gasteiger partial charge in [-0.05, 0) is 30.5 Å². The van der Waals surface area contributed by atoms with Gasteiger partial charge in [0.25, 0.3) is 5.56 Å². The van der Waals surface area contributed by atoms with Crippen molar-refractivity contribution in [2.45, 2.75) is 25.4 Å². The standard InChI is InChI=1S/C21H19N5O2S/c27-18(22-13-14-7-2-1-3-8-14)17-11-6-12-25(17)21-24-26-19(28)15-9-4-5-10-16(15)23-20(26)29-21/h1-5,7-10,17H,6,11-13H2,(H,22,27)/t17-/m1/s1. The Morgan fingerprint density at radius 1 is 1.14 bits per heavy atom. The van der Waals surface area contributed by atoms with Crippen LogP contribution in [0.5, 0.6) is 0 Å². The second kappa shape index (κ2) is 7.29. The van der Waals surface area contributed by atoms with E-state index in [2.05, 4.69) is 15.4 Å². The maximum Gasteiger partial charge on any atom is 0.283 e. The number of para-hydroxylation sites is 1. The van der Waals surface area contributed by atoms with E-state index in [4.69, 9.17) is 0 Å². The molecular formula is C21H19N5O2S. The number of rotatable bonds is 4. The molecule has 1 amide bonds. The van der Waals surface area contributed by atoms with Crippen molar-refractivity contribution in [3.05, 3.63) is 70.5 Å². The van der Waals surface area contributed by atoms with Gasteiger partial charge in [0.15, 0.2) is 0 Å². The van der Waals surface area contributed by atoms with Gasteiger partial charge in [-0.3, -0.25) is 9.59 Å². The van der Waals surface area contributed by atoms with Gasteiger partial charge in [-0.1, -0.05) is 53.8 Å². The molecule has 2 aromatic carbocycles. The average Bonchev–Trinajstić information content (AvgIpc) is 3.40. The smallest absolute Gasteiger partial charge is 0.283 e. The molecule has 1 aliphatic rings. The Labute approximate surface area is 170 Å². The van der Waals surface area contributed by atoms with Gasteiger partial charge in [0.05, 0.1) is 10.9 Å². The van der Waals surface area contributed by atoms with Gasteiger partial charge in [-0.25, -0.2) is 4.98 Å². The van der Waals surface area contributed by atoms with Gasteiger partial charge >= 0.3 is 0 Å². The Kier molecular flexibility index (Phi) is 4.48. The number of anilines is 1. The molecule has 8 heteroatoms. The fourth-order valence-corrected chi connectivity index (χ4v) is 4.71. The number of amides is 1. The van der Waals surface area contributed by atoms with Gasteiger partial charge in [0.1, 0.15) is 6.04 Å². The number of hydrogen-bond acceptors (Lipinski definition) is 6. The van der Waals surface area contributed by atoms with Crippen LogP contribution in [0.25, 0.3) is 15.9 Å². The SMILES string of the molecule is O=C(NCc1ccccc1)[C@H]1CCCN1c1nn2c(=O)c3ccccc3nc2s1. The van der Waals surface area contributed by atoms with E-state index in [1.165, 1.54) is 15.9 Å². The lowest BCUT2D eigenvalue weighted by Crippen LogP contribution is -2.43. The van der Waals surface area contributed by atoms with Crippen LogP contribution in [0.2, 0.25) is 0 Å². The van der Waals surface area contributed by atoms with E-state index in [0.717, 1.165) is 24.9 Å². The zero-order valence-corrected chi connectivity index (χ0v) is 16.4. The Balaban J connectivity index is 1.42. The van der Waals surface area contributed by atoms with Crippen LogP contribution in [0, 0.1) is 0 Å². The van der Waals surface area contributed by atoms with Crippen LogP contribution in [-0.4, -0.2) is 33.1 Å². The summed E-state index contributed by atoms with van der Waals surface area (Å²) in [5.41, 5.74) is 1.54. The molecule has 0 spiro atoms. The predicted octanol–water partition coefficient (Wildman–Crippen LogP) is 2.59. The van der Waals surface area contributed by atoms with Crippen LogP contribution >= 0.6 is 11.3 Å². The zero-order chi connectivity index (χ0) is 19.8. The first-order valence-corrected chi connectivity index (χ1v) is 10.4. The van der Waals surface area contributed by atoms with Crippen molar-refractivity contribution in [2.75, 3.05) is 11.4 Å². The van der Waals surface area contributed by atoms with Gasteiger partial charge in [-0.15, -0.1) is 5.10 Å². The van der Waals surface area contributed by atoms with Crippen molar-refractivity contribution in [3.8, 4) is 0 Å². The first-order valence-electron chi connectivity index (χ1n) is 9.57. The van der Waals surface area contributed by atoms with E-state index in [1.54, 1.807) is 6.07 Å². The number of carbonyl (C=O) groups excluding carboxylic acids is 1. The second-order valence-corrected chi connectivity index (χ2v) is 8.00. The Hall–Kier alpha value is -3.26. The van der Waals surface area contributed by atoms with E-state index < -0.39 is 0 Å². The fourth-order valence-electron chi connectivity index (χ4n) is 3.73. The number of carbonyl (C=O) groups is 1. The third-order valence-corrected chi connectivity index (χ3v) is 6.15. The van der Waals surface area contributed by atoms with Crippen molar-refractivity contribution in [3.63, 3.8) is 0 Å². The van der Waals surface area contributed by atoms with Crippen LogP contribution in [-0.2, 0) is 11.3 Å². The summed E-state index contributed by atoms with van der Waals surface area (Å²) in [5, 5.41) is 8.72. The molecule has 7 nitrogen and oxygen atoms in total. The van der Waals surface area contributed by atoms with E-state index in [1.807, 2.05) is 53.4 Å². The van der Waals surface area contributed by atoms with Crippen LogP contribution in [0.1, 0.15) is 18.4 Å². The lowest BCUT2D eigenvalue weighted by Gasteiger charge is -2.22. The first kappa shape index (κ1) is 17.8. The minimum atomic E-state index is -0.288. The number of aromatic nitrogens is 3. The van der Waals surface area contributed by atoms with Crippen molar-refractivity contribution >= 4 is 38.2 Å². The van der Waals surface area contributed by atoms with E-state index in [-0.39, 0.29) is 17.5 Å². The summed E-state index contributed by atoms with van der Waals surface area (Å²) in [5.74, 6) is -0.0175. The van der Waals surface area contributed by atoms with Crippen molar-refractivity contribution in [2.24, 2.45) is 0 Å². The molecule has 5 rings (SSSR count). The van der Waals surface area contributed by atoms with Gasteiger partial charge in [0.2, 0.25) is 16.0 Å². The highest BCUT2D eigenvalue weighted by Gasteiger charge is 2.33. The fraction of sp³-hybridized carbons (Fsp3) is 0.238. The quantitative estimate of drug-likeness (QED) is 0.565. The van der Waals surface area contributed by atoms with Crippen LogP contribution in [0.3, 0.4) is 0 Å². The molecular weight excluding hydrogens is 386 g/mol. The summed E-state index contributed by atoms with van der Waals surface area (Å²) in [6, 6.07) is 16.8. The number of fused-ring (bicyclic) bond motifs is 2. The maximum absolute atomic E-state index is 12.8. The summed E-state index contributed by atoms with van der Waals surface area (Å²) in [6.07, 6.45) is 1.67. The molecule has 1 fully saturated rings. The predicted molar refractivity (Wildman–Crippen MR) is 113 cm³/mol. The van der Waals surface area contributed by atoms with Gasteiger partial charge < -0.3 is 10.2 Å². The van der Waals surface area contributed by atoms with E-state index in [0.29, 0.717) is 27.5 Å². The van der Waals surface area contributed by atoms with Gasteiger partial charge in [0, 0.05) is 13.1 Å². The topological polar surface area (TPSA) is 79.6 Å². The molecule has 1 aliphatic heterocycles. The monoisotopic (exact) mass is 405 g/mol. The molecule has 146 valence electrons. The Bertz CT molecular complexity index is 1250. The van der Waals surface area contributed by atoms with Crippen LogP contribution < -0.4 is 15.8 Å². The second-order valence-electron chi connectivity index (χ2n) is 7.07. The molecule has 4 aromatic rings. The Morgan fingerprint density at radius 3 is 2.79 bits per heavy atom. The molecule has 2 aromatic heterocycles. The van der Waals surface area contributed by atoms with Crippen molar-refractivity contribution in [1.82, 2.24) is 19.9 Å². The summed E-state index contributed by atoms with van der Waals surface area (Å²) >= 11 is 1.35. The van der Waals surface area contributed by atoms with E-state index >= 15 is 0 Å². The molecule has 0 unspecified atom stereocenters. The number of nitrogens with zero attached hydrogens (tertiary/aromatic N) is 4. The molecule has 1 N–H and O–H groups in total. The summed E-state index contributed by atoms with van der Waals surface area (Å²) in [7, 11) is 0. The average molecular weight is 405 g/mol. The highest BCUT2D eigenvalue weighted by Crippen LogP contribution is 2.29. The van der Waals surface area contributed by atoms with Crippen LogP contribution in [0.15, 0.2) is 59.4 Å². The molecule has 1 saturated heterocycles. The molecule has 3 heterocycles. The molecule has 29 heavy (non-hydrogen) atoms. The Morgan fingerprint density at radius 2 is 1.93 bits per heavy atom. The molecule has 0 aliphatic carbocycles. The van der Waals surface area contributed by atoms with Gasteiger partial charge in [-0.2, -0.15) is 4.52 Å². The lowest BCUT2D eigenvalue weighted by molar-refractivity contribution is -0.122. The minimum Gasteiger partial charge on any atom is -0.350 e. The van der Waals surface area contributed by atoms with Crippen LogP contribution in [0.4, 0.5) is 5.13 Å². The minimum absolute atomic E-state index is 0.0175. The normalized spacial score (nSPS) is 16.6. The van der Waals surface area contributed by atoms with Crippen molar-refractivity contribution < 1.29 is 4.79 Å². The number of benzene rings is 2. The molecule has 1 atom stereocenters. The summed E-state index contributed by atoms with van der Waals surface area (Å²) in [4.78, 5) is 32.7. The number of nitrogens with one attached hydrogen (secondary N) is 1. The molecule has 0 bridgehead atoms. The van der Waals surface area contributed by atoms with Crippen molar-refractivity contribution in [1.29, 1.82) is 0 Å².